The van der Waals surface area contributed by atoms with E-state index in [2.05, 4.69) is 5.32 Å². The summed E-state index contributed by atoms with van der Waals surface area (Å²) in [6, 6.07) is 10.2. The van der Waals surface area contributed by atoms with Crippen LogP contribution in [0.15, 0.2) is 59.4 Å². The van der Waals surface area contributed by atoms with E-state index in [-0.39, 0.29) is 30.5 Å². The third-order valence-corrected chi connectivity index (χ3v) is 7.99. The van der Waals surface area contributed by atoms with Crippen molar-refractivity contribution >= 4 is 5.91 Å². The Morgan fingerprint density at radius 2 is 1.95 bits per heavy atom. The fourth-order valence-corrected chi connectivity index (χ4v) is 5.54. The lowest BCUT2D eigenvalue weighted by Gasteiger charge is -2.42. The highest BCUT2D eigenvalue weighted by Gasteiger charge is 2.40. The number of nitrogens with one attached hydrogen (secondary N) is 1. The molecule has 0 radical (unpaired) electrons. The van der Waals surface area contributed by atoms with Gasteiger partial charge in [0, 0.05) is 42.8 Å². The predicted octanol–water partition coefficient (Wildman–Crippen LogP) is 6.25. The maximum Gasteiger partial charge on any atom is 0.251 e. The lowest BCUT2D eigenvalue weighted by molar-refractivity contribution is -0.165. The second-order valence-electron chi connectivity index (χ2n) is 11.5. The number of ether oxygens (including phenoxy) is 5. The van der Waals surface area contributed by atoms with Gasteiger partial charge in [0.15, 0.2) is 6.29 Å². The average Bonchev–Trinajstić information content (AvgIpc) is 3.00. The standard InChI is InChI=1S/C34H45FN2O6/c1-8-28-32(37(6)33(38)34(4,5)36-28)27(21-43-29-19-24(35)13-12-22(29)2)23(3)26-15-14-25(20-30(26)39-7)40-17-18-42-31-11-9-10-16-41-31/h8,12-15,19-20,23,31,36H,9-11,16-18,21H2,1-7H3/b28-8+,32-27+. The molecule has 8 nitrogen and oxygen atoms in total. The molecule has 0 spiro atoms. The molecule has 234 valence electrons. The van der Waals surface area contributed by atoms with E-state index in [1.807, 2.05) is 58.9 Å². The van der Waals surface area contributed by atoms with E-state index >= 15 is 0 Å². The summed E-state index contributed by atoms with van der Waals surface area (Å²) < 4.78 is 43.5. The third kappa shape index (κ3) is 7.70. The van der Waals surface area contributed by atoms with E-state index < -0.39 is 5.54 Å². The van der Waals surface area contributed by atoms with Gasteiger partial charge in [0.25, 0.3) is 5.91 Å². The van der Waals surface area contributed by atoms with Gasteiger partial charge in [-0.1, -0.05) is 25.1 Å². The van der Waals surface area contributed by atoms with Crippen LogP contribution in [-0.2, 0) is 14.3 Å². The molecule has 43 heavy (non-hydrogen) atoms. The molecular formula is C34H45FN2O6. The van der Waals surface area contributed by atoms with Crippen molar-refractivity contribution in [3.8, 4) is 17.2 Å². The molecule has 4 rings (SSSR count). The van der Waals surface area contributed by atoms with Crippen LogP contribution in [0.4, 0.5) is 4.39 Å². The van der Waals surface area contributed by atoms with E-state index in [4.69, 9.17) is 23.7 Å². The van der Waals surface area contributed by atoms with Crippen LogP contribution in [0.25, 0.3) is 0 Å². The highest BCUT2D eigenvalue weighted by Crippen LogP contribution is 2.39. The monoisotopic (exact) mass is 596 g/mol. The number of carbonyl (C=O) groups is 1. The maximum atomic E-state index is 14.1. The second kappa shape index (κ2) is 14.3. The highest BCUT2D eigenvalue weighted by atomic mass is 19.1. The van der Waals surface area contributed by atoms with Gasteiger partial charge in [-0.15, -0.1) is 0 Å². The van der Waals surface area contributed by atoms with Crippen molar-refractivity contribution < 1.29 is 32.9 Å². The van der Waals surface area contributed by atoms with Crippen molar-refractivity contribution in [1.29, 1.82) is 0 Å². The molecule has 0 bridgehead atoms. The summed E-state index contributed by atoms with van der Waals surface area (Å²) in [5, 5.41) is 3.39. The minimum absolute atomic E-state index is 0.0729. The van der Waals surface area contributed by atoms with E-state index in [0.29, 0.717) is 30.5 Å². The minimum atomic E-state index is -0.780. The Kier molecular flexibility index (Phi) is 10.7. The summed E-state index contributed by atoms with van der Waals surface area (Å²) >= 11 is 0. The number of methoxy groups -OCH3 is 1. The molecule has 2 atom stereocenters. The number of benzene rings is 2. The van der Waals surface area contributed by atoms with Crippen molar-refractivity contribution in [1.82, 2.24) is 10.2 Å². The minimum Gasteiger partial charge on any atom is -0.496 e. The van der Waals surface area contributed by atoms with Crippen LogP contribution < -0.4 is 19.5 Å². The first kappa shape index (κ1) is 32.4. The number of allylic oxidation sites excluding steroid dienone is 1. The Labute approximate surface area is 254 Å². The van der Waals surface area contributed by atoms with Crippen LogP contribution in [0, 0.1) is 12.7 Å². The summed E-state index contributed by atoms with van der Waals surface area (Å²) in [5.41, 5.74) is 3.30. The van der Waals surface area contributed by atoms with Crippen molar-refractivity contribution in [2.45, 2.75) is 71.6 Å². The van der Waals surface area contributed by atoms with Crippen molar-refractivity contribution in [2.24, 2.45) is 0 Å². The molecule has 2 fully saturated rings. The molecule has 2 aliphatic rings. The number of hydrogen-bond acceptors (Lipinski definition) is 7. The second-order valence-corrected chi connectivity index (χ2v) is 11.5. The molecule has 1 amide bonds. The zero-order chi connectivity index (χ0) is 31.1. The number of piperazine rings is 1. The van der Waals surface area contributed by atoms with Crippen LogP contribution in [0.3, 0.4) is 0 Å². The highest BCUT2D eigenvalue weighted by molar-refractivity contribution is 5.89. The van der Waals surface area contributed by atoms with E-state index in [0.717, 1.165) is 54.0 Å². The number of carbonyl (C=O) groups excluding carboxylic acids is 1. The SMILES string of the molecule is C/C=C1/NC(C)(C)C(=O)N(C)/C1=C(\COc1cc(F)ccc1C)C(C)c1ccc(OCCOC2CCCCO2)cc1OC. The maximum absolute atomic E-state index is 14.1. The molecule has 2 aromatic carbocycles. The van der Waals surface area contributed by atoms with Gasteiger partial charge in [-0.05, 0) is 64.7 Å². The Morgan fingerprint density at radius 3 is 2.65 bits per heavy atom. The largest absolute Gasteiger partial charge is 0.496 e. The summed E-state index contributed by atoms with van der Waals surface area (Å²) in [6.07, 6.45) is 4.89. The van der Waals surface area contributed by atoms with E-state index in [1.165, 1.54) is 12.1 Å². The molecular weight excluding hydrogens is 551 g/mol. The number of halogens is 1. The van der Waals surface area contributed by atoms with Crippen molar-refractivity contribution in [3.63, 3.8) is 0 Å². The summed E-state index contributed by atoms with van der Waals surface area (Å²) in [7, 11) is 3.40. The topological polar surface area (TPSA) is 78.5 Å². The van der Waals surface area contributed by atoms with E-state index in [1.54, 1.807) is 25.1 Å². The van der Waals surface area contributed by atoms with Gasteiger partial charge in [-0.2, -0.15) is 0 Å². The number of aryl methyl sites for hydroxylation is 1. The molecule has 0 aliphatic carbocycles. The third-order valence-electron chi connectivity index (χ3n) is 7.99. The number of nitrogens with zero attached hydrogens (tertiary/aromatic N) is 1. The average molecular weight is 597 g/mol. The molecule has 9 heteroatoms. The van der Waals surface area contributed by atoms with E-state index in [9.17, 15) is 9.18 Å². The molecule has 2 heterocycles. The number of rotatable bonds is 11. The first-order valence-corrected chi connectivity index (χ1v) is 14.9. The number of hydrogen-bond donors (Lipinski definition) is 1. The normalized spacial score (nSPS) is 21.3. The smallest absolute Gasteiger partial charge is 0.251 e. The fraction of sp³-hybridized carbons (Fsp3) is 0.500. The number of likely N-dealkylation sites (N-methyl/N-ethyl adjacent to an activating group) is 1. The molecule has 2 aliphatic heterocycles. The quantitative estimate of drug-likeness (QED) is 0.308. The molecule has 2 unspecified atom stereocenters. The van der Waals surface area contributed by atoms with Gasteiger partial charge >= 0.3 is 0 Å². The van der Waals surface area contributed by atoms with Crippen LogP contribution in [0.5, 0.6) is 17.2 Å². The van der Waals surface area contributed by atoms with Gasteiger partial charge in [0.2, 0.25) is 0 Å². The van der Waals surface area contributed by atoms with Gasteiger partial charge in [-0.25, -0.2) is 4.39 Å². The first-order valence-electron chi connectivity index (χ1n) is 14.9. The Bertz CT molecular complexity index is 1350. The summed E-state index contributed by atoms with van der Waals surface area (Å²) in [4.78, 5) is 15.1. The predicted molar refractivity (Wildman–Crippen MR) is 164 cm³/mol. The first-order chi connectivity index (χ1) is 20.6. The Hall–Kier alpha value is -3.56. The van der Waals surface area contributed by atoms with Gasteiger partial charge in [0.1, 0.15) is 41.8 Å². The molecule has 2 aromatic rings. The number of amides is 1. The lowest BCUT2D eigenvalue weighted by Crippen LogP contribution is -2.58. The van der Waals surface area contributed by atoms with Crippen LogP contribution in [-0.4, -0.2) is 63.2 Å². The lowest BCUT2D eigenvalue weighted by atomic mass is 9.87. The summed E-state index contributed by atoms with van der Waals surface area (Å²) in [5.74, 6) is 1.05. The van der Waals surface area contributed by atoms with Gasteiger partial charge < -0.3 is 33.9 Å². The molecule has 0 aromatic heterocycles. The van der Waals surface area contributed by atoms with Crippen LogP contribution >= 0.6 is 0 Å². The summed E-state index contributed by atoms with van der Waals surface area (Å²) in [6.45, 7) is 11.2. The Morgan fingerprint density at radius 1 is 1.16 bits per heavy atom. The molecule has 1 N–H and O–H groups in total. The zero-order valence-corrected chi connectivity index (χ0v) is 26.4. The van der Waals surface area contributed by atoms with Gasteiger partial charge in [0.05, 0.1) is 25.1 Å². The molecule has 2 saturated heterocycles. The van der Waals surface area contributed by atoms with Crippen LogP contribution in [0.2, 0.25) is 0 Å². The zero-order valence-electron chi connectivity index (χ0n) is 26.4. The van der Waals surface area contributed by atoms with Gasteiger partial charge in [-0.3, -0.25) is 4.79 Å². The Balaban J connectivity index is 1.63. The fourth-order valence-electron chi connectivity index (χ4n) is 5.54. The molecule has 0 saturated carbocycles. The van der Waals surface area contributed by atoms with Crippen LogP contribution in [0.1, 0.15) is 64.0 Å². The van der Waals surface area contributed by atoms with Crippen molar-refractivity contribution in [3.05, 3.63) is 76.4 Å². The van der Waals surface area contributed by atoms with Crippen molar-refractivity contribution in [2.75, 3.05) is 40.6 Å².